The molecule has 0 bridgehead atoms. The summed E-state index contributed by atoms with van der Waals surface area (Å²) in [5.74, 6) is -0.423. The first-order valence-corrected chi connectivity index (χ1v) is 7.87. The number of hydrogen-bond acceptors (Lipinski definition) is 5. The number of hydrogen-bond donors (Lipinski definition) is 4. The average molecular weight is 350 g/mol. The van der Waals surface area contributed by atoms with Crippen molar-refractivity contribution in [1.82, 2.24) is 20.3 Å². The Morgan fingerprint density at radius 3 is 2.88 bits per heavy atom. The normalized spacial score (nSPS) is 20.0. The highest BCUT2D eigenvalue weighted by molar-refractivity contribution is 6.31. The molecule has 2 atom stereocenters. The number of rotatable bonds is 3. The van der Waals surface area contributed by atoms with Crippen LogP contribution in [-0.2, 0) is 0 Å². The number of nitrogens with zero attached hydrogens (tertiary/aromatic N) is 1. The Hall–Kier alpha value is -2.61. The maximum Gasteiger partial charge on any atom is 0.326 e. The van der Waals surface area contributed by atoms with Gasteiger partial charge in [-0.2, -0.15) is 0 Å². The molecule has 1 aliphatic carbocycles. The molecule has 24 heavy (non-hydrogen) atoms. The Balaban J connectivity index is 1.72. The van der Waals surface area contributed by atoms with Gasteiger partial charge in [0, 0.05) is 18.2 Å². The summed E-state index contributed by atoms with van der Waals surface area (Å²) in [7, 11) is 0. The molecular formula is C15H16ClN5O3. The summed E-state index contributed by atoms with van der Waals surface area (Å²) >= 11 is 6.16. The number of pyridine rings is 1. The van der Waals surface area contributed by atoms with E-state index >= 15 is 0 Å². The molecule has 1 fully saturated rings. The number of carbonyl (C=O) groups is 1. The van der Waals surface area contributed by atoms with Crippen LogP contribution in [-0.4, -0.2) is 26.9 Å². The summed E-state index contributed by atoms with van der Waals surface area (Å²) in [6, 6.07) is 3.45. The van der Waals surface area contributed by atoms with E-state index in [1.165, 1.54) is 0 Å². The number of amides is 1. The first-order chi connectivity index (χ1) is 11.5. The van der Waals surface area contributed by atoms with Gasteiger partial charge in [-0.15, -0.1) is 0 Å². The fourth-order valence-electron chi connectivity index (χ4n) is 2.99. The van der Waals surface area contributed by atoms with Gasteiger partial charge in [-0.25, -0.2) is 4.79 Å². The van der Waals surface area contributed by atoms with Crippen molar-refractivity contribution >= 4 is 23.2 Å². The second kappa shape index (κ2) is 6.48. The van der Waals surface area contributed by atoms with Crippen LogP contribution in [0.4, 0.5) is 5.69 Å². The Kier molecular flexibility index (Phi) is 4.39. The highest BCUT2D eigenvalue weighted by Crippen LogP contribution is 2.36. The van der Waals surface area contributed by atoms with E-state index in [2.05, 4.69) is 15.3 Å². The Bertz CT molecular complexity index is 891. The van der Waals surface area contributed by atoms with Gasteiger partial charge in [-0.05, 0) is 31.4 Å². The fourth-order valence-corrected chi connectivity index (χ4v) is 3.27. The minimum atomic E-state index is -0.784. The van der Waals surface area contributed by atoms with Crippen molar-refractivity contribution in [3.05, 3.63) is 55.6 Å². The van der Waals surface area contributed by atoms with Crippen LogP contribution in [0.3, 0.4) is 0 Å². The molecule has 1 saturated carbocycles. The zero-order chi connectivity index (χ0) is 17.3. The number of anilines is 1. The van der Waals surface area contributed by atoms with E-state index < -0.39 is 17.2 Å². The monoisotopic (exact) mass is 349 g/mol. The highest BCUT2D eigenvalue weighted by atomic mass is 35.5. The highest BCUT2D eigenvalue weighted by Gasteiger charge is 2.30. The molecule has 126 valence electrons. The summed E-state index contributed by atoms with van der Waals surface area (Å²) < 4.78 is 0. The van der Waals surface area contributed by atoms with Crippen molar-refractivity contribution in [3.8, 4) is 0 Å². The Labute approximate surface area is 141 Å². The largest absolute Gasteiger partial charge is 0.392 e. The van der Waals surface area contributed by atoms with Gasteiger partial charge in [-0.1, -0.05) is 11.6 Å². The van der Waals surface area contributed by atoms with Gasteiger partial charge >= 0.3 is 5.69 Å². The predicted molar refractivity (Wildman–Crippen MR) is 89.2 cm³/mol. The van der Waals surface area contributed by atoms with Crippen LogP contribution in [0.15, 0.2) is 27.9 Å². The van der Waals surface area contributed by atoms with E-state index in [1.807, 2.05) is 4.98 Å². The molecule has 0 saturated heterocycles. The molecule has 0 aliphatic heterocycles. The molecule has 1 aliphatic rings. The lowest BCUT2D eigenvalue weighted by Gasteiger charge is -2.14. The molecule has 0 radical (unpaired) electrons. The Morgan fingerprint density at radius 2 is 2.12 bits per heavy atom. The van der Waals surface area contributed by atoms with Crippen LogP contribution in [0, 0.1) is 0 Å². The number of halogens is 1. The first kappa shape index (κ1) is 16.3. The predicted octanol–water partition coefficient (Wildman–Crippen LogP) is 0.760. The lowest BCUT2D eigenvalue weighted by Crippen LogP contribution is -2.37. The lowest BCUT2D eigenvalue weighted by molar-refractivity contribution is 0.0933. The van der Waals surface area contributed by atoms with Crippen LogP contribution in [0.2, 0.25) is 5.02 Å². The summed E-state index contributed by atoms with van der Waals surface area (Å²) in [6.07, 6.45) is 3.95. The third-order valence-corrected chi connectivity index (χ3v) is 4.47. The first-order valence-electron chi connectivity index (χ1n) is 7.49. The van der Waals surface area contributed by atoms with E-state index in [1.54, 1.807) is 18.3 Å². The molecule has 5 N–H and O–H groups in total. The molecule has 0 spiro atoms. The summed E-state index contributed by atoms with van der Waals surface area (Å²) in [5.41, 5.74) is 4.29. The van der Waals surface area contributed by atoms with Gasteiger partial charge < -0.3 is 16.0 Å². The van der Waals surface area contributed by atoms with Gasteiger partial charge in [0.2, 0.25) is 0 Å². The molecule has 2 aromatic rings. The number of nitrogens with two attached hydrogens (primary N) is 1. The lowest BCUT2D eigenvalue weighted by atomic mass is 10.0. The average Bonchev–Trinajstić information content (AvgIpc) is 2.99. The van der Waals surface area contributed by atoms with Crippen molar-refractivity contribution in [1.29, 1.82) is 0 Å². The number of aromatic nitrogens is 3. The summed E-state index contributed by atoms with van der Waals surface area (Å²) in [6.45, 7) is 0. The zero-order valence-electron chi connectivity index (χ0n) is 12.6. The number of aromatic amines is 2. The van der Waals surface area contributed by atoms with Gasteiger partial charge in [0.25, 0.3) is 11.5 Å². The molecule has 2 unspecified atom stereocenters. The van der Waals surface area contributed by atoms with Crippen molar-refractivity contribution in [2.45, 2.75) is 31.2 Å². The topological polar surface area (TPSA) is 134 Å². The number of nitrogens with one attached hydrogen (secondary N) is 3. The number of H-pyrrole nitrogens is 2. The third kappa shape index (κ3) is 3.18. The minimum Gasteiger partial charge on any atom is -0.392 e. The van der Waals surface area contributed by atoms with Crippen LogP contribution in [0.5, 0.6) is 0 Å². The van der Waals surface area contributed by atoms with Gasteiger partial charge in [0.15, 0.2) is 0 Å². The van der Waals surface area contributed by atoms with Crippen LogP contribution >= 0.6 is 11.6 Å². The molecular weight excluding hydrogens is 334 g/mol. The summed E-state index contributed by atoms with van der Waals surface area (Å²) in [5, 5.41) is 3.41. The molecule has 3 rings (SSSR count). The molecule has 9 heteroatoms. The molecule has 2 heterocycles. The van der Waals surface area contributed by atoms with Crippen LogP contribution in [0.25, 0.3) is 0 Å². The number of nitrogen functional groups attached to an aromatic ring is 1. The second-order valence-corrected chi connectivity index (χ2v) is 6.15. The molecule has 2 aromatic heterocycles. The molecule has 0 aromatic carbocycles. The van der Waals surface area contributed by atoms with E-state index in [9.17, 15) is 14.4 Å². The van der Waals surface area contributed by atoms with Crippen LogP contribution < -0.4 is 22.3 Å². The van der Waals surface area contributed by atoms with Crippen molar-refractivity contribution in [2.24, 2.45) is 0 Å². The standard InChI is InChI=1S/C15H16ClN5O3/c16-9-2-1-5-18-11(9)7-3-4-8(6-7)19-14(23)12-10(17)13(22)21-15(24)20-12/h1-2,5,7-8H,3-4,6,17H2,(H,19,23)(H2,20,21,22,24). The van der Waals surface area contributed by atoms with E-state index in [-0.39, 0.29) is 23.3 Å². The maximum atomic E-state index is 12.3. The fraction of sp³-hybridized carbons (Fsp3) is 0.333. The quantitative estimate of drug-likeness (QED) is 0.649. The number of carbonyl (C=O) groups excluding carboxylic acids is 1. The Morgan fingerprint density at radius 1 is 1.33 bits per heavy atom. The van der Waals surface area contributed by atoms with Crippen molar-refractivity contribution in [2.75, 3.05) is 5.73 Å². The molecule has 1 amide bonds. The SMILES string of the molecule is Nc1c(C(=O)NC2CCC(c3ncccc3Cl)C2)[nH]c(=O)[nH]c1=O. The van der Waals surface area contributed by atoms with Crippen molar-refractivity contribution < 1.29 is 4.79 Å². The smallest absolute Gasteiger partial charge is 0.326 e. The third-order valence-electron chi connectivity index (χ3n) is 4.15. The van der Waals surface area contributed by atoms with E-state index in [0.29, 0.717) is 11.4 Å². The van der Waals surface area contributed by atoms with E-state index in [0.717, 1.165) is 18.5 Å². The summed E-state index contributed by atoms with van der Waals surface area (Å²) in [4.78, 5) is 43.6. The van der Waals surface area contributed by atoms with Gasteiger partial charge in [-0.3, -0.25) is 19.6 Å². The van der Waals surface area contributed by atoms with Crippen molar-refractivity contribution in [3.63, 3.8) is 0 Å². The van der Waals surface area contributed by atoms with E-state index in [4.69, 9.17) is 17.3 Å². The maximum absolute atomic E-state index is 12.3. The van der Waals surface area contributed by atoms with Gasteiger partial charge in [0.1, 0.15) is 11.4 Å². The van der Waals surface area contributed by atoms with Crippen LogP contribution in [0.1, 0.15) is 41.4 Å². The van der Waals surface area contributed by atoms with Gasteiger partial charge in [0.05, 0.1) is 10.7 Å². The second-order valence-electron chi connectivity index (χ2n) is 5.75. The minimum absolute atomic E-state index is 0.109. The molecule has 8 nitrogen and oxygen atoms in total. The zero-order valence-corrected chi connectivity index (χ0v) is 13.4.